The Labute approximate surface area is 450 Å². The number of nitrogens with two attached hydrogens (primary N) is 1. The van der Waals surface area contributed by atoms with Gasteiger partial charge in [-0.25, -0.2) is 4.79 Å². The highest BCUT2D eigenvalue weighted by atomic mass is 32.2. The first-order valence-electron chi connectivity index (χ1n) is 27.9. The third kappa shape index (κ3) is 15.6. The highest BCUT2D eigenvalue weighted by Crippen LogP contribution is 2.67. The fourth-order valence-corrected chi connectivity index (χ4v) is 14.0. The highest BCUT2D eigenvalue weighted by Gasteiger charge is 2.59. The van der Waals surface area contributed by atoms with Gasteiger partial charge in [0.05, 0.1) is 11.0 Å². The van der Waals surface area contributed by atoms with Crippen molar-refractivity contribution in [2.75, 3.05) is 30.1 Å². The van der Waals surface area contributed by atoms with Crippen molar-refractivity contribution >= 4 is 52.9 Å². The van der Waals surface area contributed by atoms with Gasteiger partial charge < -0.3 is 30.6 Å². The Balaban J connectivity index is 0.952. The first kappa shape index (κ1) is 59.3. The zero-order valence-corrected chi connectivity index (χ0v) is 46.9. The molecule has 0 saturated heterocycles. The number of primary amides is 1. The Morgan fingerprint density at radius 3 is 2.25 bits per heavy atom. The van der Waals surface area contributed by atoms with Crippen LogP contribution in [0.15, 0.2) is 60.2 Å². The number of thioether (sulfide) groups is 1. The lowest BCUT2D eigenvalue weighted by atomic mass is 9.47. The van der Waals surface area contributed by atoms with Crippen molar-refractivity contribution in [2.24, 2.45) is 58.0 Å². The average molecular weight is 1060 g/mol. The Morgan fingerprint density at radius 2 is 1.59 bits per heavy atom. The van der Waals surface area contributed by atoms with Gasteiger partial charge in [0.2, 0.25) is 23.6 Å². The number of allylic oxidation sites excluding steroid dienone is 1. The monoisotopic (exact) mass is 1060 g/mol. The number of amides is 4. The average Bonchev–Trinajstić information content (AvgIpc) is 3.73. The van der Waals surface area contributed by atoms with Gasteiger partial charge in [0, 0.05) is 43.8 Å². The van der Waals surface area contributed by atoms with Crippen LogP contribution < -0.4 is 26.0 Å². The molecule has 15 nitrogen and oxygen atoms in total. The lowest BCUT2D eigenvalue weighted by Crippen LogP contribution is -2.56. The van der Waals surface area contributed by atoms with E-state index in [0.717, 1.165) is 48.3 Å². The van der Waals surface area contributed by atoms with Crippen molar-refractivity contribution < 1.29 is 43.1 Å². The second-order valence-corrected chi connectivity index (χ2v) is 24.4. The molecule has 75 heavy (non-hydrogen) atoms. The predicted molar refractivity (Wildman–Crippen MR) is 295 cm³/mol. The molecule has 4 amide bonds. The summed E-state index contributed by atoms with van der Waals surface area (Å²) < 4.78 is 16.8. The summed E-state index contributed by atoms with van der Waals surface area (Å²) in [6, 6.07) is 9.37. The molecule has 0 spiro atoms. The number of non-ortho nitro benzene ring substituents is 1. The molecule has 6 rings (SSSR count). The van der Waals surface area contributed by atoms with Crippen LogP contribution in [-0.4, -0.2) is 78.1 Å². The zero-order chi connectivity index (χ0) is 54.5. The maximum atomic E-state index is 14.5. The van der Waals surface area contributed by atoms with E-state index in [1.165, 1.54) is 98.7 Å². The van der Waals surface area contributed by atoms with Crippen LogP contribution in [0.1, 0.15) is 157 Å². The van der Waals surface area contributed by atoms with Crippen LogP contribution >= 0.6 is 11.8 Å². The normalized spacial score (nSPS) is 25.1. The van der Waals surface area contributed by atoms with Gasteiger partial charge in [0.25, 0.3) is 5.69 Å². The molecule has 16 heteroatoms. The lowest BCUT2D eigenvalue weighted by Gasteiger charge is -2.58. The first-order chi connectivity index (χ1) is 35.7. The topological polar surface area (TPSA) is 209 Å². The fraction of sp³-hybridized carbons (Fsp3) is 0.678. The minimum Gasteiger partial charge on any atom is -0.429 e. The number of nitrogens with zero attached hydrogens (tertiary/aromatic N) is 2. The van der Waals surface area contributed by atoms with Crippen molar-refractivity contribution in [3.05, 3.63) is 75.9 Å². The lowest BCUT2D eigenvalue weighted by molar-refractivity contribution is -0.384. The van der Waals surface area contributed by atoms with Gasteiger partial charge in [0.1, 0.15) is 24.4 Å². The molecule has 0 bridgehead atoms. The minimum atomic E-state index is -1.03. The van der Waals surface area contributed by atoms with E-state index < -0.39 is 40.9 Å². The number of benzene rings is 2. The highest BCUT2D eigenvalue weighted by molar-refractivity contribution is 7.98. The fourth-order valence-electron chi connectivity index (χ4n) is 13.5. The number of rotatable bonds is 27. The Morgan fingerprint density at radius 1 is 0.867 bits per heavy atom. The van der Waals surface area contributed by atoms with Crippen molar-refractivity contribution in [2.45, 2.75) is 176 Å². The van der Waals surface area contributed by atoms with E-state index in [1.54, 1.807) is 29.8 Å². The molecule has 414 valence electrons. The number of carbonyl (C=O) groups excluding carboxylic acids is 5. The standard InChI is InChI=1S/C59H87N5O10S/c1-38(2)11-9-12-40(5)48-23-24-49-47-22-15-42-36-46(27-30-58(42,6)50(47)28-31-59(48,49)7)72-33-10-32-61-53(65)25-26-54(66)62-51(35-39(3)4)56(68)63(52(55(60)67)29-34-75-8)43-16-13-41(14-17-43)37-73-57(69)74-45-20-18-44(19-21-45)64(70)71/h13-21,38-40,46-52H,9-12,22-37H2,1-8H3,(H2,60,67)(H,61,65)(H,62,66)/t40-,46?,47+,48-,49+,50+,51+,52+,58+,59-/m1/s1. The SMILES string of the molecule is CSCC[C@@H](C(N)=O)N(C(=O)[C@H](CC(C)C)NC(=O)CCC(=O)NCCCOC1CC[C@@]2(C)C(=CC[C@H]3[C@@H]4CC[C@H]([C@H](C)CCCC(C)C)[C@@]4(C)CC[C@@H]32)C1)c1ccc(COC(=O)Oc2ccc([N+](=O)[O-])cc2)cc1. The molecule has 3 fully saturated rings. The van der Waals surface area contributed by atoms with E-state index >= 15 is 0 Å². The van der Waals surface area contributed by atoms with E-state index in [1.807, 2.05) is 20.1 Å². The number of fused-ring (bicyclic) bond motifs is 5. The summed E-state index contributed by atoms with van der Waals surface area (Å²) in [5.41, 5.74) is 9.02. The van der Waals surface area contributed by atoms with Gasteiger partial charge in [0.15, 0.2) is 0 Å². The number of hydrogen-bond donors (Lipinski definition) is 3. The van der Waals surface area contributed by atoms with Gasteiger partial charge in [-0.1, -0.05) is 91.5 Å². The number of anilines is 1. The largest absolute Gasteiger partial charge is 0.514 e. The van der Waals surface area contributed by atoms with E-state index in [2.05, 4.69) is 51.3 Å². The Kier molecular flexibility index (Phi) is 21.6. The zero-order valence-electron chi connectivity index (χ0n) is 46.1. The molecule has 0 heterocycles. The molecule has 4 aliphatic carbocycles. The molecule has 3 saturated carbocycles. The second kappa shape index (κ2) is 27.4. The van der Waals surface area contributed by atoms with Gasteiger partial charge >= 0.3 is 6.16 Å². The molecule has 10 atom stereocenters. The Hall–Kier alpha value is -4.96. The molecule has 0 radical (unpaired) electrons. The molecule has 0 aromatic heterocycles. The first-order valence-corrected chi connectivity index (χ1v) is 29.3. The van der Waals surface area contributed by atoms with Crippen LogP contribution in [0.3, 0.4) is 0 Å². The third-order valence-electron chi connectivity index (χ3n) is 17.5. The maximum absolute atomic E-state index is 14.5. The number of hydrogen-bond acceptors (Lipinski definition) is 11. The number of nitrogens with one attached hydrogen (secondary N) is 2. The summed E-state index contributed by atoms with van der Waals surface area (Å²) in [6.07, 6.45) is 18.7. The van der Waals surface area contributed by atoms with Gasteiger partial charge in [-0.3, -0.25) is 34.2 Å². The van der Waals surface area contributed by atoms with Crippen LogP contribution in [-0.2, 0) is 35.3 Å². The number of nitro benzene ring substituents is 1. The molecule has 2 aromatic rings. The van der Waals surface area contributed by atoms with Crippen LogP contribution in [0.2, 0.25) is 0 Å². The van der Waals surface area contributed by atoms with Crippen LogP contribution in [0, 0.1) is 62.4 Å². The maximum Gasteiger partial charge on any atom is 0.514 e. The smallest absolute Gasteiger partial charge is 0.429 e. The molecule has 1 unspecified atom stereocenters. The number of nitro groups is 1. The van der Waals surface area contributed by atoms with E-state index in [4.69, 9.17) is 19.9 Å². The minimum absolute atomic E-state index is 0.0215. The molecule has 4 aliphatic rings. The van der Waals surface area contributed by atoms with Crippen LogP contribution in [0.5, 0.6) is 5.75 Å². The predicted octanol–water partition coefficient (Wildman–Crippen LogP) is 11.5. The summed E-state index contributed by atoms with van der Waals surface area (Å²) >= 11 is 1.50. The summed E-state index contributed by atoms with van der Waals surface area (Å²) in [6.45, 7) is 17.1. The summed E-state index contributed by atoms with van der Waals surface area (Å²) in [7, 11) is 0. The van der Waals surface area contributed by atoms with Crippen LogP contribution in [0.4, 0.5) is 16.2 Å². The van der Waals surface area contributed by atoms with Gasteiger partial charge in [-0.05, 0) is 165 Å². The number of carbonyl (C=O) groups is 5. The van der Waals surface area contributed by atoms with Crippen molar-refractivity contribution in [1.82, 2.24) is 10.6 Å². The quantitative estimate of drug-likeness (QED) is 0.0191. The van der Waals surface area contributed by atoms with Crippen molar-refractivity contribution in [1.29, 1.82) is 0 Å². The van der Waals surface area contributed by atoms with E-state index in [0.29, 0.717) is 42.0 Å². The summed E-state index contributed by atoms with van der Waals surface area (Å²) in [5.74, 6) is 3.49. The molecular formula is C59H87N5O10S. The van der Waals surface area contributed by atoms with Crippen molar-refractivity contribution in [3.8, 4) is 5.75 Å². The van der Waals surface area contributed by atoms with E-state index in [-0.39, 0.29) is 67.1 Å². The molecule has 0 aliphatic heterocycles. The van der Waals surface area contributed by atoms with E-state index in [9.17, 15) is 34.1 Å². The van der Waals surface area contributed by atoms with Gasteiger partial charge in [-0.2, -0.15) is 11.8 Å². The van der Waals surface area contributed by atoms with Crippen LogP contribution in [0.25, 0.3) is 0 Å². The third-order valence-corrected chi connectivity index (χ3v) is 18.1. The second-order valence-electron chi connectivity index (χ2n) is 23.4. The molecular weight excluding hydrogens is 971 g/mol. The van der Waals surface area contributed by atoms with Gasteiger partial charge in [-0.15, -0.1) is 0 Å². The van der Waals surface area contributed by atoms with Crippen molar-refractivity contribution in [3.63, 3.8) is 0 Å². The summed E-state index contributed by atoms with van der Waals surface area (Å²) in [4.78, 5) is 78.0. The number of ether oxygens (including phenoxy) is 3. The summed E-state index contributed by atoms with van der Waals surface area (Å²) in [5, 5.41) is 16.7. The Bertz CT molecular complexity index is 2290. The molecule has 4 N–H and O–H groups in total. The molecule has 2 aromatic carbocycles.